The van der Waals surface area contributed by atoms with Gasteiger partial charge in [-0.05, 0) is 32.8 Å². The van der Waals surface area contributed by atoms with Crippen LogP contribution in [0.3, 0.4) is 0 Å². The molecule has 0 aliphatic heterocycles. The highest BCUT2D eigenvalue weighted by Gasteiger charge is 2.19. The molecular formula is C14H19NO3S. The summed E-state index contributed by atoms with van der Waals surface area (Å²) in [5.41, 5.74) is 0.566. The van der Waals surface area contributed by atoms with Crippen LogP contribution in [0.1, 0.15) is 45.8 Å². The first-order valence-corrected chi connectivity index (χ1v) is 7.41. The van der Waals surface area contributed by atoms with Crippen molar-refractivity contribution in [1.29, 1.82) is 0 Å². The van der Waals surface area contributed by atoms with Gasteiger partial charge in [0.25, 0.3) is 5.91 Å². The zero-order valence-electron chi connectivity index (χ0n) is 11.3. The second-order valence-corrected chi connectivity index (χ2v) is 6.41. The molecule has 0 radical (unpaired) electrons. The maximum atomic E-state index is 11.8. The Morgan fingerprint density at radius 2 is 2.05 bits per heavy atom. The molecule has 1 aromatic heterocycles. The molecule has 0 unspecified atom stereocenters. The fourth-order valence-electron chi connectivity index (χ4n) is 2.38. The Morgan fingerprint density at radius 3 is 2.63 bits per heavy atom. The predicted octanol–water partition coefficient (Wildman–Crippen LogP) is 2.58. The highest BCUT2D eigenvalue weighted by molar-refractivity contribution is 7.12. The molecular weight excluding hydrogens is 262 g/mol. The van der Waals surface area contributed by atoms with E-state index >= 15 is 0 Å². The normalized spacial score (nSPS) is 15.5. The Bertz CT molecular complexity index is 475. The average molecular weight is 281 g/mol. The second-order valence-electron chi connectivity index (χ2n) is 4.95. The minimum Gasteiger partial charge on any atom is -0.452 e. The van der Waals surface area contributed by atoms with Crippen molar-refractivity contribution >= 4 is 23.2 Å². The third-order valence-electron chi connectivity index (χ3n) is 3.32. The Hall–Kier alpha value is -1.36. The summed E-state index contributed by atoms with van der Waals surface area (Å²) in [6.45, 7) is 3.64. The van der Waals surface area contributed by atoms with Crippen molar-refractivity contribution in [2.75, 3.05) is 6.61 Å². The molecule has 19 heavy (non-hydrogen) atoms. The predicted molar refractivity (Wildman–Crippen MR) is 74.5 cm³/mol. The van der Waals surface area contributed by atoms with Crippen LogP contribution in [0.5, 0.6) is 0 Å². The van der Waals surface area contributed by atoms with E-state index in [1.807, 2.05) is 13.8 Å². The van der Waals surface area contributed by atoms with Crippen LogP contribution in [-0.2, 0) is 9.53 Å². The number of aryl methyl sites for hydroxylation is 2. The summed E-state index contributed by atoms with van der Waals surface area (Å²) in [5.74, 6) is -0.617. The summed E-state index contributed by atoms with van der Waals surface area (Å²) in [6, 6.07) is 2.06. The summed E-state index contributed by atoms with van der Waals surface area (Å²) >= 11 is 1.56. The van der Waals surface area contributed by atoms with Gasteiger partial charge in [-0.1, -0.05) is 12.8 Å². The summed E-state index contributed by atoms with van der Waals surface area (Å²) in [6.07, 6.45) is 4.39. The maximum Gasteiger partial charge on any atom is 0.339 e. The van der Waals surface area contributed by atoms with E-state index in [0.717, 1.165) is 35.4 Å². The first-order chi connectivity index (χ1) is 9.06. The van der Waals surface area contributed by atoms with Crippen molar-refractivity contribution in [3.8, 4) is 0 Å². The maximum absolute atomic E-state index is 11.8. The van der Waals surface area contributed by atoms with Crippen LogP contribution >= 0.6 is 11.3 Å². The van der Waals surface area contributed by atoms with Crippen LogP contribution in [0.15, 0.2) is 6.07 Å². The van der Waals surface area contributed by atoms with Crippen LogP contribution in [0.2, 0.25) is 0 Å². The molecule has 0 spiro atoms. The molecule has 1 aromatic rings. The van der Waals surface area contributed by atoms with Gasteiger partial charge in [0.15, 0.2) is 6.61 Å². The highest BCUT2D eigenvalue weighted by atomic mass is 32.1. The van der Waals surface area contributed by atoms with E-state index in [0.29, 0.717) is 5.56 Å². The average Bonchev–Trinajstić information content (AvgIpc) is 2.96. The number of carbonyl (C=O) groups excluding carboxylic acids is 2. The van der Waals surface area contributed by atoms with Crippen LogP contribution in [0.25, 0.3) is 0 Å². The van der Waals surface area contributed by atoms with E-state index in [-0.39, 0.29) is 18.6 Å². The SMILES string of the molecule is Cc1cc(C(=O)OCC(=O)NC2CCCC2)c(C)s1. The third kappa shape index (κ3) is 3.80. The minimum absolute atomic E-state index is 0.191. The van der Waals surface area contributed by atoms with Crippen molar-refractivity contribution in [2.45, 2.75) is 45.6 Å². The van der Waals surface area contributed by atoms with E-state index < -0.39 is 5.97 Å². The molecule has 1 saturated carbocycles. The summed E-state index contributed by atoms with van der Waals surface area (Å²) < 4.78 is 5.05. The van der Waals surface area contributed by atoms with E-state index in [9.17, 15) is 9.59 Å². The molecule has 1 fully saturated rings. The van der Waals surface area contributed by atoms with Gasteiger partial charge in [0.1, 0.15) is 0 Å². The van der Waals surface area contributed by atoms with Crippen LogP contribution in [0.4, 0.5) is 0 Å². The lowest BCUT2D eigenvalue weighted by Gasteiger charge is -2.11. The molecule has 1 aliphatic carbocycles. The number of ether oxygens (including phenoxy) is 1. The molecule has 1 heterocycles. The number of carbonyl (C=O) groups is 2. The molecule has 104 valence electrons. The van der Waals surface area contributed by atoms with Gasteiger partial charge in [0.05, 0.1) is 5.56 Å². The minimum atomic E-state index is -0.413. The number of amides is 1. The summed E-state index contributed by atoms with van der Waals surface area (Å²) in [7, 11) is 0. The van der Waals surface area contributed by atoms with Crippen molar-refractivity contribution in [3.63, 3.8) is 0 Å². The topological polar surface area (TPSA) is 55.4 Å². The number of esters is 1. The van der Waals surface area contributed by atoms with Gasteiger partial charge in [-0.15, -0.1) is 11.3 Å². The second kappa shape index (κ2) is 6.19. The van der Waals surface area contributed by atoms with E-state index in [1.165, 1.54) is 0 Å². The number of rotatable bonds is 4. The fraction of sp³-hybridized carbons (Fsp3) is 0.571. The Labute approximate surface area is 117 Å². The van der Waals surface area contributed by atoms with Gasteiger partial charge in [-0.25, -0.2) is 4.79 Å². The van der Waals surface area contributed by atoms with Crippen molar-refractivity contribution in [2.24, 2.45) is 0 Å². The lowest BCUT2D eigenvalue weighted by molar-refractivity contribution is -0.124. The lowest BCUT2D eigenvalue weighted by Crippen LogP contribution is -2.35. The molecule has 0 atom stereocenters. The largest absolute Gasteiger partial charge is 0.452 e. The van der Waals surface area contributed by atoms with Crippen LogP contribution in [0, 0.1) is 13.8 Å². The number of thiophene rings is 1. The first kappa shape index (κ1) is 14.1. The zero-order valence-corrected chi connectivity index (χ0v) is 12.1. The smallest absolute Gasteiger partial charge is 0.339 e. The molecule has 1 amide bonds. The van der Waals surface area contributed by atoms with Gasteiger partial charge in [-0.2, -0.15) is 0 Å². The van der Waals surface area contributed by atoms with E-state index in [1.54, 1.807) is 17.4 Å². The summed E-state index contributed by atoms with van der Waals surface area (Å²) in [5, 5.41) is 2.89. The molecule has 1 aliphatic rings. The third-order valence-corrected chi connectivity index (χ3v) is 4.28. The lowest BCUT2D eigenvalue weighted by atomic mass is 10.2. The summed E-state index contributed by atoms with van der Waals surface area (Å²) in [4.78, 5) is 25.5. The zero-order chi connectivity index (χ0) is 13.8. The van der Waals surface area contributed by atoms with Gasteiger partial charge in [0, 0.05) is 15.8 Å². The first-order valence-electron chi connectivity index (χ1n) is 6.60. The van der Waals surface area contributed by atoms with Crippen LogP contribution < -0.4 is 5.32 Å². The molecule has 1 N–H and O–H groups in total. The van der Waals surface area contributed by atoms with Crippen LogP contribution in [-0.4, -0.2) is 24.5 Å². The Kier molecular flexibility index (Phi) is 4.58. The molecule has 4 nitrogen and oxygen atoms in total. The van der Waals surface area contributed by atoms with E-state index in [2.05, 4.69) is 5.32 Å². The van der Waals surface area contributed by atoms with Gasteiger partial charge < -0.3 is 10.1 Å². The van der Waals surface area contributed by atoms with Crippen molar-refractivity contribution in [3.05, 3.63) is 21.4 Å². The standard InChI is InChI=1S/C14H19NO3S/c1-9-7-12(10(2)19-9)14(17)18-8-13(16)15-11-5-3-4-6-11/h7,11H,3-6,8H2,1-2H3,(H,15,16). The number of hydrogen-bond donors (Lipinski definition) is 1. The number of nitrogens with one attached hydrogen (secondary N) is 1. The quantitative estimate of drug-likeness (QED) is 0.863. The molecule has 2 rings (SSSR count). The highest BCUT2D eigenvalue weighted by Crippen LogP contribution is 2.21. The molecule has 0 bridgehead atoms. The molecule has 5 heteroatoms. The van der Waals surface area contributed by atoms with Gasteiger partial charge in [-0.3, -0.25) is 4.79 Å². The molecule has 0 aromatic carbocycles. The Balaban J connectivity index is 1.79. The number of hydrogen-bond acceptors (Lipinski definition) is 4. The molecule has 0 saturated heterocycles. The fourth-order valence-corrected chi connectivity index (χ4v) is 3.29. The monoisotopic (exact) mass is 281 g/mol. The van der Waals surface area contributed by atoms with Gasteiger partial charge >= 0.3 is 5.97 Å². The Morgan fingerprint density at radius 1 is 1.37 bits per heavy atom. The van der Waals surface area contributed by atoms with E-state index in [4.69, 9.17) is 4.74 Å². The van der Waals surface area contributed by atoms with Crippen molar-refractivity contribution < 1.29 is 14.3 Å². The van der Waals surface area contributed by atoms with Crippen molar-refractivity contribution in [1.82, 2.24) is 5.32 Å². The van der Waals surface area contributed by atoms with Gasteiger partial charge in [0.2, 0.25) is 0 Å².